The van der Waals surface area contributed by atoms with Crippen LogP contribution in [0.3, 0.4) is 0 Å². The van der Waals surface area contributed by atoms with Crippen LogP contribution in [0.25, 0.3) is 0 Å². The van der Waals surface area contributed by atoms with Crippen LogP contribution in [-0.4, -0.2) is 61.1 Å². The number of amides is 1. The van der Waals surface area contributed by atoms with E-state index in [2.05, 4.69) is 11.8 Å². The largest absolute Gasteiger partial charge is 0.377 e. The predicted octanol–water partition coefficient (Wildman–Crippen LogP) is 3.32. The van der Waals surface area contributed by atoms with Gasteiger partial charge < -0.3 is 9.64 Å². The first-order chi connectivity index (χ1) is 12.5. The molecule has 1 aromatic rings. The fourth-order valence-corrected chi connectivity index (χ4v) is 3.85. The van der Waals surface area contributed by atoms with Gasteiger partial charge in [0.2, 0.25) is 0 Å². The van der Waals surface area contributed by atoms with Crippen molar-refractivity contribution in [1.29, 1.82) is 0 Å². The van der Waals surface area contributed by atoms with Gasteiger partial charge in [-0.3, -0.25) is 9.69 Å². The average Bonchev–Trinajstić information content (AvgIpc) is 2.65. The van der Waals surface area contributed by atoms with Crippen molar-refractivity contribution in [2.24, 2.45) is 5.92 Å². The Morgan fingerprint density at radius 1 is 1.12 bits per heavy atom. The monoisotopic (exact) mass is 366 g/mol. The van der Waals surface area contributed by atoms with E-state index in [0.717, 1.165) is 44.8 Å². The summed E-state index contributed by atoms with van der Waals surface area (Å²) in [7, 11) is 0. The van der Waals surface area contributed by atoms with E-state index in [1.165, 1.54) is 25.3 Å². The molecule has 6 heteroatoms. The number of carbonyl (C=O) groups excluding carboxylic acids is 1. The Morgan fingerprint density at radius 3 is 2.54 bits per heavy atom. The fourth-order valence-electron chi connectivity index (χ4n) is 3.85. The van der Waals surface area contributed by atoms with Crippen molar-refractivity contribution in [3.05, 3.63) is 35.4 Å². The van der Waals surface area contributed by atoms with E-state index in [9.17, 15) is 13.6 Å². The van der Waals surface area contributed by atoms with Gasteiger partial charge in [0.15, 0.2) is 11.6 Å². The minimum atomic E-state index is -0.983. The summed E-state index contributed by atoms with van der Waals surface area (Å²) < 4.78 is 32.4. The van der Waals surface area contributed by atoms with Crippen LogP contribution < -0.4 is 0 Å². The molecule has 0 N–H and O–H groups in total. The topological polar surface area (TPSA) is 32.8 Å². The zero-order chi connectivity index (χ0) is 18.5. The number of piperazine rings is 1. The van der Waals surface area contributed by atoms with Crippen LogP contribution in [0.1, 0.15) is 43.0 Å². The van der Waals surface area contributed by atoms with E-state index in [-0.39, 0.29) is 11.5 Å². The van der Waals surface area contributed by atoms with Gasteiger partial charge in [-0.1, -0.05) is 19.8 Å². The molecule has 144 valence electrons. The molecule has 26 heavy (non-hydrogen) atoms. The summed E-state index contributed by atoms with van der Waals surface area (Å²) in [5, 5.41) is 0. The van der Waals surface area contributed by atoms with Crippen LogP contribution >= 0.6 is 0 Å². The van der Waals surface area contributed by atoms with Gasteiger partial charge >= 0.3 is 0 Å². The second-order valence-electron chi connectivity index (χ2n) is 7.43. The van der Waals surface area contributed by atoms with Crippen molar-refractivity contribution in [2.75, 3.05) is 39.3 Å². The van der Waals surface area contributed by atoms with E-state index >= 15 is 0 Å². The Bertz CT molecular complexity index is 618. The quantitative estimate of drug-likeness (QED) is 0.801. The molecule has 2 fully saturated rings. The summed E-state index contributed by atoms with van der Waals surface area (Å²) >= 11 is 0. The molecule has 2 aliphatic rings. The van der Waals surface area contributed by atoms with Gasteiger partial charge in [-0.15, -0.1) is 0 Å². The first-order valence-corrected chi connectivity index (χ1v) is 9.63. The maximum Gasteiger partial charge on any atom is 0.254 e. The number of nitrogens with zero attached hydrogens (tertiary/aromatic N) is 2. The zero-order valence-electron chi connectivity index (χ0n) is 15.4. The normalized spacial score (nSPS) is 24.7. The van der Waals surface area contributed by atoms with Crippen molar-refractivity contribution in [1.82, 2.24) is 9.80 Å². The summed E-state index contributed by atoms with van der Waals surface area (Å²) in [6.45, 7) is 6.61. The summed E-state index contributed by atoms with van der Waals surface area (Å²) in [4.78, 5) is 16.4. The molecule has 1 saturated carbocycles. The third-order valence-electron chi connectivity index (χ3n) is 5.60. The number of rotatable bonds is 5. The molecule has 0 bridgehead atoms. The Kier molecular flexibility index (Phi) is 6.59. The van der Waals surface area contributed by atoms with Gasteiger partial charge in [-0.25, -0.2) is 8.78 Å². The fraction of sp³-hybridized carbons (Fsp3) is 0.650. The van der Waals surface area contributed by atoms with Crippen LogP contribution in [0.15, 0.2) is 18.2 Å². The molecule has 1 aromatic carbocycles. The summed E-state index contributed by atoms with van der Waals surface area (Å²) in [5.41, 5.74) is 0.201. The Morgan fingerprint density at radius 2 is 1.85 bits per heavy atom. The first-order valence-electron chi connectivity index (χ1n) is 9.63. The standard InChI is InChI=1S/C20H28F2N2O2/c1-15-4-2-3-5-19(15)26-13-12-23-8-10-24(11-9-23)20(25)16-6-7-17(21)18(22)14-16/h6-7,14-15,19H,2-5,8-13H2,1H3. The van der Waals surface area contributed by atoms with Crippen molar-refractivity contribution >= 4 is 5.91 Å². The lowest BCUT2D eigenvalue weighted by molar-refractivity contribution is -0.0173. The molecule has 4 nitrogen and oxygen atoms in total. The lowest BCUT2D eigenvalue weighted by atomic mass is 9.88. The SMILES string of the molecule is CC1CCCCC1OCCN1CCN(C(=O)c2ccc(F)c(F)c2)CC1. The van der Waals surface area contributed by atoms with Gasteiger partial charge in [-0.2, -0.15) is 0 Å². The smallest absolute Gasteiger partial charge is 0.254 e. The van der Waals surface area contributed by atoms with Crippen LogP contribution in [0.2, 0.25) is 0 Å². The van der Waals surface area contributed by atoms with Gasteiger partial charge in [-0.05, 0) is 37.0 Å². The van der Waals surface area contributed by atoms with Crippen LogP contribution in [0.5, 0.6) is 0 Å². The molecule has 3 rings (SSSR count). The van der Waals surface area contributed by atoms with Crippen LogP contribution in [-0.2, 0) is 4.74 Å². The molecule has 1 aliphatic carbocycles. The molecule has 1 amide bonds. The Labute approximate surface area is 154 Å². The van der Waals surface area contributed by atoms with Crippen LogP contribution in [0.4, 0.5) is 8.78 Å². The van der Waals surface area contributed by atoms with Crippen LogP contribution in [0, 0.1) is 17.6 Å². The first kappa shape index (κ1) is 19.2. The third kappa shape index (κ3) is 4.80. The summed E-state index contributed by atoms with van der Waals surface area (Å²) in [6, 6.07) is 3.32. The van der Waals surface area contributed by atoms with Gasteiger partial charge in [0.25, 0.3) is 5.91 Å². The molecule has 1 saturated heterocycles. The van der Waals surface area contributed by atoms with Crippen molar-refractivity contribution in [3.8, 4) is 0 Å². The predicted molar refractivity (Wildman–Crippen MR) is 96.1 cm³/mol. The highest BCUT2D eigenvalue weighted by atomic mass is 19.2. The molecule has 0 aromatic heterocycles. The average molecular weight is 366 g/mol. The van der Waals surface area contributed by atoms with E-state index < -0.39 is 11.6 Å². The number of hydrogen-bond donors (Lipinski definition) is 0. The third-order valence-corrected chi connectivity index (χ3v) is 5.60. The number of hydrogen-bond acceptors (Lipinski definition) is 3. The molecule has 1 heterocycles. The van der Waals surface area contributed by atoms with Gasteiger partial charge in [0.1, 0.15) is 0 Å². The minimum absolute atomic E-state index is 0.201. The lowest BCUT2D eigenvalue weighted by Crippen LogP contribution is -2.49. The molecule has 1 aliphatic heterocycles. The Hall–Kier alpha value is -1.53. The highest BCUT2D eigenvalue weighted by molar-refractivity contribution is 5.94. The molecule has 2 atom stereocenters. The van der Waals surface area contributed by atoms with E-state index in [1.54, 1.807) is 4.90 Å². The number of carbonyl (C=O) groups is 1. The van der Waals surface area contributed by atoms with E-state index in [1.807, 2.05) is 0 Å². The zero-order valence-corrected chi connectivity index (χ0v) is 15.4. The molecule has 0 spiro atoms. The summed E-state index contributed by atoms with van der Waals surface area (Å²) in [5.74, 6) is -1.51. The Balaban J connectivity index is 1.41. The van der Waals surface area contributed by atoms with E-state index in [4.69, 9.17) is 4.74 Å². The minimum Gasteiger partial charge on any atom is -0.377 e. The van der Waals surface area contributed by atoms with Gasteiger partial charge in [0, 0.05) is 38.3 Å². The maximum absolute atomic E-state index is 13.3. The highest BCUT2D eigenvalue weighted by Crippen LogP contribution is 2.26. The number of benzene rings is 1. The highest BCUT2D eigenvalue weighted by Gasteiger charge is 2.24. The summed E-state index contributed by atoms with van der Waals surface area (Å²) in [6.07, 6.45) is 5.39. The molecule has 0 radical (unpaired) electrons. The number of halogens is 2. The second kappa shape index (κ2) is 8.91. The lowest BCUT2D eigenvalue weighted by Gasteiger charge is -2.35. The van der Waals surface area contributed by atoms with E-state index in [0.29, 0.717) is 25.1 Å². The molecule has 2 unspecified atom stereocenters. The molecular weight excluding hydrogens is 338 g/mol. The van der Waals surface area contributed by atoms with Crippen molar-refractivity contribution in [2.45, 2.75) is 38.7 Å². The molecular formula is C20H28F2N2O2. The number of ether oxygens (including phenoxy) is 1. The van der Waals surface area contributed by atoms with Crippen molar-refractivity contribution in [3.63, 3.8) is 0 Å². The van der Waals surface area contributed by atoms with Crippen molar-refractivity contribution < 1.29 is 18.3 Å². The maximum atomic E-state index is 13.3. The second-order valence-corrected chi connectivity index (χ2v) is 7.43. The van der Waals surface area contributed by atoms with Gasteiger partial charge in [0.05, 0.1) is 12.7 Å².